The lowest BCUT2D eigenvalue weighted by molar-refractivity contribution is 1.07. The Balaban J connectivity index is 1.89. The highest BCUT2D eigenvalue weighted by atomic mass is 32.1. The predicted molar refractivity (Wildman–Crippen MR) is 75.3 cm³/mol. The molecule has 3 N–H and O–H groups in total. The highest BCUT2D eigenvalue weighted by molar-refractivity contribution is 7.09. The predicted octanol–water partition coefficient (Wildman–Crippen LogP) is 1.85. The van der Waals surface area contributed by atoms with E-state index in [4.69, 9.17) is 0 Å². The second-order valence-electron chi connectivity index (χ2n) is 3.85. The second-order valence-corrected chi connectivity index (χ2v) is 4.82. The molecule has 0 radical (unpaired) electrons. The van der Waals surface area contributed by atoms with Crippen LogP contribution < -0.4 is 10.6 Å². The van der Waals surface area contributed by atoms with Crippen LogP contribution in [0.25, 0.3) is 11.2 Å². The maximum absolute atomic E-state index is 4.44. The largest absolute Gasteiger partial charge is 0.363 e. The number of fused-ring (bicyclic) bond motifs is 1. The highest BCUT2D eigenvalue weighted by Crippen LogP contribution is 2.19. The van der Waals surface area contributed by atoms with Gasteiger partial charge in [-0.1, -0.05) is 0 Å². The van der Waals surface area contributed by atoms with Crippen LogP contribution in [0.4, 0.5) is 11.8 Å². The summed E-state index contributed by atoms with van der Waals surface area (Å²) in [7, 11) is 0. The van der Waals surface area contributed by atoms with Gasteiger partial charge in [-0.05, 0) is 6.92 Å². The van der Waals surface area contributed by atoms with E-state index in [2.05, 4.69) is 35.6 Å². The van der Waals surface area contributed by atoms with Gasteiger partial charge in [-0.25, -0.2) is 4.98 Å². The number of nitrogens with zero attached hydrogens (tertiary/aromatic N) is 4. The van der Waals surface area contributed by atoms with Gasteiger partial charge < -0.3 is 15.6 Å². The smallest absolute Gasteiger partial charge is 0.226 e. The molecule has 0 spiro atoms. The van der Waals surface area contributed by atoms with Gasteiger partial charge in [-0.2, -0.15) is 9.97 Å². The number of aromatic nitrogens is 5. The Kier molecular flexibility index (Phi) is 3.23. The maximum Gasteiger partial charge on any atom is 0.226 e. The van der Waals surface area contributed by atoms with E-state index in [1.165, 1.54) is 0 Å². The number of imidazole rings is 1. The van der Waals surface area contributed by atoms with Crippen LogP contribution in [-0.2, 0) is 6.54 Å². The molecule has 0 aliphatic carbocycles. The van der Waals surface area contributed by atoms with E-state index in [1.54, 1.807) is 17.7 Å². The minimum absolute atomic E-state index is 0.578. The number of rotatable bonds is 5. The second kappa shape index (κ2) is 5.19. The molecule has 3 heterocycles. The van der Waals surface area contributed by atoms with Crippen molar-refractivity contribution in [3.8, 4) is 0 Å². The van der Waals surface area contributed by atoms with Crippen molar-refractivity contribution in [3.05, 3.63) is 22.9 Å². The summed E-state index contributed by atoms with van der Waals surface area (Å²) in [6.45, 7) is 3.45. The van der Waals surface area contributed by atoms with Gasteiger partial charge in [0.05, 0.1) is 18.4 Å². The standard InChI is InChI=1S/C11H13N7S/c1-2-13-11-17-9(8-10(18-11)16-5-15-8)14-4-7-3-12-6-19-7/h3,5-6H,2,4H2,1H3,(H3,13,14,15,16,17,18). The monoisotopic (exact) mass is 275 g/mol. The lowest BCUT2D eigenvalue weighted by Crippen LogP contribution is -2.07. The van der Waals surface area contributed by atoms with Crippen molar-refractivity contribution in [1.29, 1.82) is 0 Å². The third-order valence-corrected chi connectivity index (χ3v) is 3.31. The quantitative estimate of drug-likeness (QED) is 0.658. The molecule has 3 aromatic heterocycles. The molecule has 0 aliphatic rings. The van der Waals surface area contributed by atoms with Crippen molar-refractivity contribution in [1.82, 2.24) is 24.9 Å². The summed E-state index contributed by atoms with van der Waals surface area (Å²) in [5.74, 6) is 1.32. The Hall–Kier alpha value is -2.22. The average molecular weight is 275 g/mol. The number of hydrogen-bond acceptors (Lipinski definition) is 7. The van der Waals surface area contributed by atoms with E-state index >= 15 is 0 Å². The van der Waals surface area contributed by atoms with Crippen molar-refractivity contribution in [2.24, 2.45) is 0 Å². The van der Waals surface area contributed by atoms with Gasteiger partial charge in [0.25, 0.3) is 0 Å². The normalized spacial score (nSPS) is 10.8. The number of thiazole rings is 1. The van der Waals surface area contributed by atoms with Gasteiger partial charge in [0, 0.05) is 17.6 Å². The Morgan fingerprint density at radius 3 is 3.05 bits per heavy atom. The lowest BCUT2D eigenvalue weighted by Gasteiger charge is -2.07. The summed E-state index contributed by atoms with van der Waals surface area (Å²) < 4.78 is 0. The van der Waals surface area contributed by atoms with Crippen molar-refractivity contribution in [2.45, 2.75) is 13.5 Å². The molecule has 0 unspecified atom stereocenters. The molecule has 0 amide bonds. The van der Waals surface area contributed by atoms with E-state index in [0.29, 0.717) is 18.1 Å². The summed E-state index contributed by atoms with van der Waals surface area (Å²) >= 11 is 1.61. The lowest BCUT2D eigenvalue weighted by atomic mass is 10.4. The van der Waals surface area contributed by atoms with Crippen LogP contribution in [0.1, 0.15) is 11.8 Å². The highest BCUT2D eigenvalue weighted by Gasteiger charge is 2.09. The average Bonchev–Trinajstić information content (AvgIpc) is 3.07. The Bertz CT molecular complexity index is 661. The molecule has 7 nitrogen and oxygen atoms in total. The molecule has 0 saturated heterocycles. The van der Waals surface area contributed by atoms with Crippen LogP contribution in [0.5, 0.6) is 0 Å². The third kappa shape index (κ3) is 2.48. The Morgan fingerprint density at radius 2 is 2.26 bits per heavy atom. The topological polar surface area (TPSA) is 91.4 Å². The van der Waals surface area contributed by atoms with Crippen LogP contribution in [-0.4, -0.2) is 31.5 Å². The van der Waals surface area contributed by atoms with Gasteiger partial charge in [-0.3, -0.25) is 4.98 Å². The zero-order chi connectivity index (χ0) is 13.1. The van der Waals surface area contributed by atoms with Gasteiger partial charge >= 0.3 is 0 Å². The maximum atomic E-state index is 4.44. The molecule has 98 valence electrons. The van der Waals surface area contributed by atoms with Crippen LogP contribution in [0.3, 0.4) is 0 Å². The fourth-order valence-electron chi connectivity index (χ4n) is 1.70. The summed E-state index contributed by atoms with van der Waals surface area (Å²) in [5, 5.41) is 6.38. The first-order valence-electron chi connectivity index (χ1n) is 5.93. The van der Waals surface area contributed by atoms with Gasteiger partial charge in [-0.15, -0.1) is 11.3 Å². The van der Waals surface area contributed by atoms with E-state index < -0.39 is 0 Å². The van der Waals surface area contributed by atoms with Gasteiger partial charge in [0.15, 0.2) is 11.5 Å². The molecule has 3 rings (SSSR count). The summed E-state index contributed by atoms with van der Waals surface area (Å²) in [5.41, 5.74) is 3.27. The molecule has 0 atom stereocenters. The zero-order valence-electron chi connectivity index (χ0n) is 10.3. The number of hydrogen-bond donors (Lipinski definition) is 3. The first-order chi connectivity index (χ1) is 9.36. The summed E-state index contributed by atoms with van der Waals surface area (Å²) in [6.07, 6.45) is 3.46. The van der Waals surface area contributed by atoms with E-state index in [1.807, 2.05) is 18.6 Å². The molecule has 0 saturated carbocycles. The molecule has 0 aliphatic heterocycles. The van der Waals surface area contributed by atoms with E-state index in [0.717, 1.165) is 22.8 Å². The first-order valence-corrected chi connectivity index (χ1v) is 6.81. The van der Waals surface area contributed by atoms with Crippen LogP contribution in [0, 0.1) is 0 Å². The van der Waals surface area contributed by atoms with Gasteiger partial charge in [0.2, 0.25) is 5.95 Å². The number of aromatic amines is 1. The van der Waals surface area contributed by atoms with Crippen molar-refractivity contribution in [2.75, 3.05) is 17.2 Å². The number of nitrogens with one attached hydrogen (secondary N) is 3. The molecule has 0 bridgehead atoms. The van der Waals surface area contributed by atoms with Crippen LogP contribution in [0.2, 0.25) is 0 Å². The molecule has 0 fully saturated rings. The molecule has 19 heavy (non-hydrogen) atoms. The number of anilines is 2. The van der Waals surface area contributed by atoms with Crippen molar-refractivity contribution < 1.29 is 0 Å². The molecule has 3 aromatic rings. The fourth-order valence-corrected chi connectivity index (χ4v) is 2.23. The molecular weight excluding hydrogens is 262 g/mol. The molecule has 8 heteroatoms. The number of H-pyrrole nitrogens is 1. The van der Waals surface area contributed by atoms with Crippen molar-refractivity contribution in [3.63, 3.8) is 0 Å². The minimum atomic E-state index is 0.578. The van der Waals surface area contributed by atoms with Crippen LogP contribution >= 0.6 is 11.3 Å². The minimum Gasteiger partial charge on any atom is -0.363 e. The van der Waals surface area contributed by atoms with E-state index in [-0.39, 0.29) is 0 Å². The Labute approximate surface area is 113 Å². The molecular formula is C11H13N7S. The van der Waals surface area contributed by atoms with Gasteiger partial charge in [0.1, 0.15) is 5.52 Å². The summed E-state index contributed by atoms with van der Waals surface area (Å²) in [6, 6.07) is 0. The third-order valence-electron chi connectivity index (χ3n) is 2.53. The zero-order valence-corrected chi connectivity index (χ0v) is 11.2. The first kappa shape index (κ1) is 11.8. The SMILES string of the molecule is CCNc1nc(NCc2cncs2)c2[nH]cnc2n1. The fraction of sp³-hybridized carbons (Fsp3) is 0.273. The summed E-state index contributed by atoms with van der Waals surface area (Å²) in [4.78, 5) is 21.2. The molecule has 0 aromatic carbocycles. The Morgan fingerprint density at radius 1 is 1.32 bits per heavy atom. The van der Waals surface area contributed by atoms with E-state index in [9.17, 15) is 0 Å². The van der Waals surface area contributed by atoms with Crippen molar-refractivity contribution >= 4 is 34.3 Å². The van der Waals surface area contributed by atoms with Crippen LogP contribution in [0.15, 0.2) is 18.0 Å².